The van der Waals surface area contributed by atoms with Crippen LogP contribution in [0.15, 0.2) is 94.9 Å². The molecular formula is C42H42N8O2. The minimum atomic E-state index is -0.167. The first-order valence-corrected chi connectivity index (χ1v) is 18.3. The molecule has 52 heavy (non-hydrogen) atoms. The SMILES string of the molecule is NC(=NC1CCCC1)c1ccc2nc(C(=O)c3ccc(CCc4ccc(C(=O)c5nc6ccc(C(N)=NC7CCCC7)cc6[nH]5)cc4)cc3)[nH]c2c1. The van der Waals surface area contributed by atoms with Crippen LogP contribution in [0.25, 0.3) is 22.1 Å². The number of nitrogens with one attached hydrogen (secondary N) is 2. The highest BCUT2D eigenvalue weighted by molar-refractivity contribution is 6.09. The molecule has 0 radical (unpaired) electrons. The van der Waals surface area contributed by atoms with Crippen LogP contribution in [0.3, 0.4) is 0 Å². The number of rotatable bonds is 11. The molecule has 2 heterocycles. The van der Waals surface area contributed by atoms with E-state index in [-0.39, 0.29) is 11.6 Å². The Balaban J connectivity index is 0.876. The van der Waals surface area contributed by atoms with Crippen molar-refractivity contribution in [2.75, 3.05) is 0 Å². The number of carbonyl (C=O) groups excluding carboxylic acids is 2. The van der Waals surface area contributed by atoms with Gasteiger partial charge in [-0.25, -0.2) is 9.97 Å². The summed E-state index contributed by atoms with van der Waals surface area (Å²) in [6.45, 7) is 0. The Morgan fingerprint density at radius 1 is 0.558 bits per heavy atom. The lowest BCUT2D eigenvalue weighted by molar-refractivity contribution is 0.102. The molecule has 0 saturated heterocycles. The number of hydrogen-bond donors (Lipinski definition) is 4. The molecular weight excluding hydrogens is 649 g/mol. The third-order valence-corrected chi connectivity index (χ3v) is 10.4. The molecule has 10 nitrogen and oxygen atoms in total. The zero-order chi connectivity index (χ0) is 35.6. The van der Waals surface area contributed by atoms with Crippen molar-refractivity contribution >= 4 is 45.3 Å². The molecule has 6 aromatic rings. The Morgan fingerprint density at radius 3 is 1.31 bits per heavy atom. The van der Waals surface area contributed by atoms with Crippen molar-refractivity contribution in [2.45, 2.75) is 76.3 Å². The molecule has 2 aromatic heterocycles. The van der Waals surface area contributed by atoms with E-state index < -0.39 is 0 Å². The first-order chi connectivity index (χ1) is 25.4. The number of aryl methyl sites for hydroxylation is 2. The summed E-state index contributed by atoms with van der Waals surface area (Å²) in [4.78, 5) is 51.5. The van der Waals surface area contributed by atoms with Crippen molar-refractivity contribution in [3.63, 3.8) is 0 Å². The van der Waals surface area contributed by atoms with Crippen LogP contribution in [0.2, 0.25) is 0 Å². The van der Waals surface area contributed by atoms with E-state index in [2.05, 4.69) is 19.9 Å². The molecule has 6 N–H and O–H groups in total. The van der Waals surface area contributed by atoms with Crippen LogP contribution in [-0.4, -0.2) is 55.3 Å². The number of nitrogens with two attached hydrogens (primary N) is 2. The molecule has 2 saturated carbocycles. The number of carbonyl (C=O) groups is 2. The number of amidine groups is 2. The normalized spacial score (nSPS) is 16.0. The maximum atomic E-state index is 13.3. The van der Waals surface area contributed by atoms with Crippen molar-refractivity contribution in [3.05, 3.63) is 130 Å². The van der Waals surface area contributed by atoms with Crippen LogP contribution in [0.4, 0.5) is 0 Å². The Hall–Kier alpha value is -5.90. The number of nitrogens with zero attached hydrogens (tertiary/aromatic N) is 4. The summed E-state index contributed by atoms with van der Waals surface area (Å²) in [7, 11) is 0. The number of imidazole rings is 2. The molecule has 10 heteroatoms. The first kappa shape index (κ1) is 33.3. The first-order valence-electron chi connectivity index (χ1n) is 18.3. The number of ketones is 2. The molecule has 0 spiro atoms. The Bertz CT molecular complexity index is 2150. The number of aromatic nitrogens is 4. The minimum Gasteiger partial charge on any atom is -0.383 e. The van der Waals surface area contributed by atoms with Crippen molar-refractivity contribution in [1.29, 1.82) is 0 Å². The van der Waals surface area contributed by atoms with Crippen LogP contribution in [0.1, 0.15) is 106 Å². The zero-order valence-electron chi connectivity index (χ0n) is 29.1. The van der Waals surface area contributed by atoms with Crippen molar-refractivity contribution < 1.29 is 9.59 Å². The average molecular weight is 691 g/mol. The maximum absolute atomic E-state index is 13.3. The highest BCUT2D eigenvalue weighted by atomic mass is 16.1. The summed E-state index contributed by atoms with van der Waals surface area (Å²) >= 11 is 0. The largest absolute Gasteiger partial charge is 0.383 e. The molecule has 0 unspecified atom stereocenters. The molecule has 8 rings (SSSR count). The Kier molecular flexibility index (Phi) is 9.20. The number of benzene rings is 4. The van der Waals surface area contributed by atoms with Crippen molar-refractivity contribution in [2.24, 2.45) is 21.5 Å². The molecule has 0 aliphatic heterocycles. The summed E-state index contributed by atoms with van der Waals surface area (Å²) in [5.41, 5.74) is 20.6. The lowest BCUT2D eigenvalue weighted by Gasteiger charge is -2.06. The fraction of sp³-hybridized carbons (Fsp3) is 0.286. The molecule has 0 bridgehead atoms. The molecule has 2 aliphatic rings. The number of hydrogen-bond acceptors (Lipinski definition) is 6. The van der Waals surface area contributed by atoms with Crippen LogP contribution < -0.4 is 11.5 Å². The van der Waals surface area contributed by atoms with Crippen LogP contribution in [0.5, 0.6) is 0 Å². The van der Waals surface area contributed by atoms with Crippen molar-refractivity contribution in [1.82, 2.24) is 19.9 Å². The van der Waals surface area contributed by atoms with E-state index in [1.807, 2.05) is 84.9 Å². The fourth-order valence-corrected chi connectivity index (χ4v) is 7.37. The third-order valence-electron chi connectivity index (χ3n) is 10.4. The van der Waals surface area contributed by atoms with E-state index >= 15 is 0 Å². The molecule has 4 aromatic carbocycles. The lowest BCUT2D eigenvalue weighted by Crippen LogP contribution is -2.16. The van der Waals surface area contributed by atoms with E-state index in [9.17, 15) is 9.59 Å². The van der Waals surface area contributed by atoms with Gasteiger partial charge in [0.05, 0.1) is 34.2 Å². The van der Waals surface area contributed by atoms with Gasteiger partial charge in [-0.05, 0) is 86.1 Å². The Morgan fingerprint density at radius 2 is 0.923 bits per heavy atom. The average Bonchev–Trinajstić information content (AvgIpc) is 4.01. The van der Waals surface area contributed by atoms with Gasteiger partial charge in [-0.3, -0.25) is 19.6 Å². The van der Waals surface area contributed by atoms with Gasteiger partial charge in [0.2, 0.25) is 11.6 Å². The monoisotopic (exact) mass is 690 g/mol. The number of aliphatic imine (C=N–C) groups is 2. The van der Waals surface area contributed by atoms with Gasteiger partial charge in [0.1, 0.15) is 11.7 Å². The lowest BCUT2D eigenvalue weighted by atomic mass is 10.0. The second-order valence-corrected chi connectivity index (χ2v) is 14.1. The maximum Gasteiger partial charge on any atom is 0.228 e. The van der Waals surface area contributed by atoms with Crippen LogP contribution in [0, 0.1) is 0 Å². The fourth-order valence-electron chi connectivity index (χ4n) is 7.37. The number of fused-ring (bicyclic) bond motifs is 2. The summed E-state index contributed by atoms with van der Waals surface area (Å²) < 4.78 is 0. The predicted octanol–water partition coefficient (Wildman–Crippen LogP) is 6.98. The van der Waals surface area contributed by atoms with Gasteiger partial charge in [-0.15, -0.1) is 0 Å². The topological polar surface area (TPSA) is 168 Å². The zero-order valence-corrected chi connectivity index (χ0v) is 29.1. The summed E-state index contributed by atoms with van der Waals surface area (Å²) in [5.74, 6) is 1.31. The van der Waals surface area contributed by atoms with E-state index in [0.717, 1.165) is 71.8 Å². The molecule has 2 aliphatic carbocycles. The van der Waals surface area contributed by atoms with Gasteiger partial charge in [0.15, 0.2) is 11.6 Å². The second kappa shape index (κ2) is 14.4. The van der Waals surface area contributed by atoms with Gasteiger partial charge < -0.3 is 21.4 Å². The van der Waals surface area contributed by atoms with Gasteiger partial charge in [0.25, 0.3) is 0 Å². The highest BCUT2D eigenvalue weighted by Crippen LogP contribution is 2.24. The van der Waals surface area contributed by atoms with E-state index in [1.165, 1.54) is 25.7 Å². The van der Waals surface area contributed by atoms with Gasteiger partial charge >= 0.3 is 0 Å². The van der Waals surface area contributed by atoms with E-state index in [0.29, 0.717) is 57.6 Å². The van der Waals surface area contributed by atoms with Gasteiger partial charge in [0, 0.05) is 22.3 Å². The minimum absolute atomic E-state index is 0.167. The number of H-pyrrole nitrogens is 2. The summed E-state index contributed by atoms with van der Waals surface area (Å²) in [6, 6.07) is 27.3. The number of aromatic amines is 2. The van der Waals surface area contributed by atoms with E-state index in [4.69, 9.17) is 21.5 Å². The van der Waals surface area contributed by atoms with Crippen LogP contribution in [-0.2, 0) is 12.8 Å². The van der Waals surface area contributed by atoms with E-state index in [1.54, 1.807) is 0 Å². The third kappa shape index (κ3) is 7.14. The second-order valence-electron chi connectivity index (χ2n) is 14.1. The molecule has 2 fully saturated rings. The molecule has 0 atom stereocenters. The molecule has 262 valence electrons. The smallest absolute Gasteiger partial charge is 0.228 e. The van der Waals surface area contributed by atoms with Crippen LogP contribution >= 0.6 is 0 Å². The quantitative estimate of drug-likeness (QED) is 0.0650. The molecule has 0 amide bonds. The predicted molar refractivity (Wildman–Crippen MR) is 205 cm³/mol. The summed E-state index contributed by atoms with van der Waals surface area (Å²) in [5, 5.41) is 0. The summed E-state index contributed by atoms with van der Waals surface area (Å²) in [6.07, 6.45) is 10.7. The van der Waals surface area contributed by atoms with Gasteiger partial charge in [-0.1, -0.05) is 74.2 Å². The van der Waals surface area contributed by atoms with Crippen molar-refractivity contribution in [3.8, 4) is 0 Å². The Labute approximate surface area is 301 Å². The highest BCUT2D eigenvalue weighted by Gasteiger charge is 2.19. The van der Waals surface area contributed by atoms with Gasteiger partial charge in [-0.2, -0.15) is 0 Å². The standard InChI is InChI=1S/C42H42N8O2/c43-39(45-31-5-1-2-6-31)29-19-21-33-35(23-29)49-41(47-33)37(51)27-15-11-25(12-16-27)9-10-26-13-17-28(18-14-26)38(52)42-48-34-22-20-30(24-36(34)50-42)40(44)46-32-7-3-4-8-32/h11-24,31-32H,1-10H2,(H2,43,45)(H2,44,46)(H,47,49)(H,48,50).